The van der Waals surface area contributed by atoms with Crippen molar-refractivity contribution >= 4 is 27.7 Å². The summed E-state index contributed by atoms with van der Waals surface area (Å²) in [6, 6.07) is 17.7. The van der Waals surface area contributed by atoms with E-state index in [9.17, 15) is 27.0 Å². The van der Waals surface area contributed by atoms with Gasteiger partial charge in [0.2, 0.25) is 0 Å². The molecule has 0 aromatic heterocycles. The molecule has 0 amide bonds. The lowest BCUT2D eigenvalue weighted by Gasteiger charge is -2.29. The molecule has 9 heteroatoms. The SMILES string of the molecule is O=S([O-])N(CC(O)Cc1ccc(OC(F)(F)F)cc1)c1ccc2ccccc2c1. The molecule has 3 rings (SSSR count). The van der Waals surface area contributed by atoms with E-state index < -0.39 is 23.7 Å². The summed E-state index contributed by atoms with van der Waals surface area (Å²) in [5.74, 6) is -0.366. The smallest absolute Gasteiger partial charge is 0.573 e. The first kappa shape index (κ1) is 21.1. The molecule has 154 valence electrons. The molecular weight excluding hydrogens is 407 g/mol. The number of fused-ring (bicyclic) bond motifs is 1. The Balaban J connectivity index is 1.69. The summed E-state index contributed by atoms with van der Waals surface area (Å²) >= 11 is -2.61. The van der Waals surface area contributed by atoms with Crippen LogP contribution in [0, 0.1) is 0 Å². The molecule has 0 aliphatic carbocycles. The highest BCUT2D eigenvalue weighted by atomic mass is 32.2. The second-order valence-corrected chi connectivity index (χ2v) is 7.23. The summed E-state index contributed by atoms with van der Waals surface area (Å²) in [5, 5.41) is 12.1. The van der Waals surface area contributed by atoms with E-state index in [1.54, 1.807) is 18.2 Å². The van der Waals surface area contributed by atoms with Gasteiger partial charge in [0.15, 0.2) is 0 Å². The van der Waals surface area contributed by atoms with Crippen molar-refractivity contribution in [1.29, 1.82) is 0 Å². The van der Waals surface area contributed by atoms with Gasteiger partial charge in [0.25, 0.3) is 0 Å². The van der Waals surface area contributed by atoms with Gasteiger partial charge < -0.3 is 18.7 Å². The van der Waals surface area contributed by atoms with E-state index in [0.29, 0.717) is 11.3 Å². The number of halogens is 3. The number of anilines is 1. The molecule has 1 N–H and O–H groups in total. The Morgan fingerprint density at radius 1 is 1.03 bits per heavy atom. The predicted molar refractivity (Wildman–Crippen MR) is 103 cm³/mol. The lowest BCUT2D eigenvalue weighted by atomic mass is 10.1. The van der Waals surface area contributed by atoms with Gasteiger partial charge in [-0.25, -0.2) is 0 Å². The van der Waals surface area contributed by atoms with Gasteiger partial charge in [0, 0.05) is 23.4 Å². The fourth-order valence-corrected chi connectivity index (χ4v) is 3.52. The van der Waals surface area contributed by atoms with Crippen molar-refractivity contribution in [3.8, 4) is 5.75 Å². The van der Waals surface area contributed by atoms with Gasteiger partial charge >= 0.3 is 6.36 Å². The van der Waals surface area contributed by atoms with Gasteiger partial charge in [0.1, 0.15) is 5.75 Å². The number of hydrogen-bond donors (Lipinski definition) is 1. The summed E-state index contributed by atoms with van der Waals surface area (Å²) in [4.78, 5) is 0. The minimum Gasteiger partial charge on any atom is -0.755 e. The standard InChI is InChI=1S/C20H18F3NO4S/c21-20(22,23)28-19-9-5-14(6-10-19)11-18(25)13-24(29(26)27)17-8-7-15-3-1-2-4-16(15)12-17/h1-10,12,18,25H,11,13H2,(H,26,27)/p-1. The quantitative estimate of drug-likeness (QED) is 0.583. The van der Waals surface area contributed by atoms with Crippen LogP contribution in [-0.4, -0.2) is 32.9 Å². The van der Waals surface area contributed by atoms with Gasteiger partial charge in [0.05, 0.1) is 12.6 Å². The van der Waals surface area contributed by atoms with Gasteiger partial charge in [-0.1, -0.05) is 42.5 Å². The number of hydrogen-bond acceptors (Lipinski definition) is 4. The minimum absolute atomic E-state index is 0.0631. The van der Waals surface area contributed by atoms with E-state index >= 15 is 0 Å². The average molecular weight is 424 g/mol. The Morgan fingerprint density at radius 3 is 2.31 bits per heavy atom. The molecular formula is C20H17F3NO4S-. The van der Waals surface area contributed by atoms with Crippen molar-refractivity contribution in [3.05, 3.63) is 72.3 Å². The molecule has 0 radical (unpaired) electrons. The van der Waals surface area contributed by atoms with E-state index in [0.717, 1.165) is 27.2 Å². The zero-order chi connectivity index (χ0) is 21.0. The topological polar surface area (TPSA) is 72.8 Å². The second kappa shape index (κ2) is 8.81. The molecule has 0 aliphatic heterocycles. The molecule has 0 bridgehead atoms. The number of aliphatic hydroxyl groups excluding tert-OH is 1. The van der Waals surface area contributed by atoms with Crippen molar-refractivity contribution in [1.82, 2.24) is 0 Å². The van der Waals surface area contributed by atoms with Gasteiger partial charge in [-0.2, -0.15) is 0 Å². The molecule has 0 aliphatic rings. The van der Waals surface area contributed by atoms with Crippen LogP contribution in [0.25, 0.3) is 10.8 Å². The third-order valence-corrected chi connectivity index (χ3v) is 4.93. The first-order valence-corrected chi connectivity index (χ1v) is 9.63. The normalized spacial score (nSPS) is 13.8. The Labute approximate surface area is 167 Å². The molecule has 0 heterocycles. The Morgan fingerprint density at radius 2 is 1.69 bits per heavy atom. The highest BCUT2D eigenvalue weighted by molar-refractivity contribution is 7.80. The maximum atomic E-state index is 12.2. The Bertz CT molecular complexity index is 995. The summed E-state index contributed by atoms with van der Waals surface area (Å²) < 4.78 is 64.8. The van der Waals surface area contributed by atoms with Crippen LogP contribution < -0.4 is 9.04 Å². The van der Waals surface area contributed by atoms with Crippen LogP contribution in [0.4, 0.5) is 18.9 Å². The van der Waals surface area contributed by atoms with Crippen LogP contribution in [0.5, 0.6) is 5.75 Å². The predicted octanol–water partition coefficient (Wildman–Crippen LogP) is 3.94. The van der Waals surface area contributed by atoms with Gasteiger partial charge in [-0.15, -0.1) is 13.2 Å². The van der Waals surface area contributed by atoms with Crippen LogP contribution in [0.3, 0.4) is 0 Å². The molecule has 5 nitrogen and oxygen atoms in total. The van der Waals surface area contributed by atoms with E-state index in [1.165, 1.54) is 12.1 Å². The summed E-state index contributed by atoms with van der Waals surface area (Å²) in [7, 11) is 0. The van der Waals surface area contributed by atoms with Crippen LogP contribution in [0.2, 0.25) is 0 Å². The third-order valence-electron chi connectivity index (χ3n) is 4.21. The van der Waals surface area contributed by atoms with E-state index in [1.807, 2.05) is 24.3 Å². The minimum atomic E-state index is -4.78. The first-order valence-electron chi connectivity index (χ1n) is 8.60. The maximum Gasteiger partial charge on any atom is 0.573 e. The lowest BCUT2D eigenvalue weighted by molar-refractivity contribution is -0.274. The van der Waals surface area contributed by atoms with Crippen LogP contribution in [0.15, 0.2) is 66.7 Å². The molecule has 0 fully saturated rings. The molecule has 2 unspecified atom stereocenters. The summed E-state index contributed by atoms with van der Waals surface area (Å²) in [6.07, 6.45) is -5.78. The van der Waals surface area contributed by atoms with Crippen LogP contribution in [0.1, 0.15) is 5.56 Å². The van der Waals surface area contributed by atoms with Crippen molar-refractivity contribution in [3.63, 3.8) is 0 Å². The average Bonchev–Trinajstić information content (AvgIpc) is 2.66. The number of benzene rings is 3. The van der Waals surface area contributed by atoms with E-state index in [-0.39, 0.29) is 18.7 Å². The third kappa shape index (κ3) is 5.93. The molecule has 0 saturated heterocycles. The monoisotopic (exact) mass is 424 g/mol. The number of rotatable bonds is 7. The highest BCUT2D eigenvalue weighted by Crippen LogP contribution is 2.25. The largest absolute Gasteiger partial charge is 0.755 e. The molecule has 2 atom stereocenters. The zero-order valence-corrected chi connectivity index (χ0v) is 15.8. The molecule has 0 spiro atoms. The molecule has 29 heavy (non-hydrogen) atoms. The summed E-state index contributed by atoms with van der Waals surface area (Å²) in [5.41, 5.74) is 0.951. The number of nitrogens with zero attached hydrogens (tertiary/aromatic N) is 1. The van der Waals surface area contributed by atoms with E-state index in [4.69, 9.17) is 0 Å². The fraction of sp³-hybridized carbons (Fsp3) is 0.200. The number of aliphatic hydroxyl groups is 1. The zero-order valence-electron chi connectivity index (χ0n) is 15.0. The number of alkyl halides is 3. The molecule has 3 aromatic rings. The van der Waals surface area contributed by atoms with Crippen molar-refractivity contribution in [2.75, 3.05) is 10.8 Å². The second-order valence-electron chi connectivity index (χ2n) is 6.36. The Hall–Kier alpha value is -2.62. The Kier molecular flexibility index (Phi) is 6.41. The highest BCUT2D eigenvalue weighted by Gasteiger charge is 2.31. The molecule has 0 saturated carbocycles. The maximum absolute atomic E-state index is 12.2. The fourth-order valence-electron chi connectivity index (χ4n) is 2.94. The van der Waals surface area contributed by atoms with Gasteiger partial charge in [-0.3, -0.25) is 4.21 Å². The van der Waals surface area contributed by atoms with Crippen LogP contribution >= 0.6 is 0 Å². The van der Waals surface area contributed by atoms with Crippen LogP contribution in [-0.2, 0) is 17.7 Å². The van der Waals surface area contributed by atoms with Crippen molar-refractivity contribution < 1.29 is 31.8 Å². The molecule has 3 aromatic carbocycles. The number of ether oxygens (including phenoxy) is 1. The van der Waals surface area contributed by atoms with Gasteiger partial charge in [-0.05, 0) is 40.6 Å². The van der Waals surface area contributed by atoms with Crippen molar-refractivity contribution in [2.45, 2.75) is 18.9 Å². The van der Waals surface area contributed by atoms with E-state index in [2.05, 4.69) is 4.74 Å². The summed E-state index contributed by atoms with van der Waals surface area (Å²) in [6.45, 7) is -0.199. The lowest BCUT2D eigenvalue weighted by Crippen LogP contribution is -2.35. The van der Waals surface area contributed by atoms with Crippen molar-refractivity contribution in [2.24, 2.45) is 0 Å². The first-order chi connectivity index (χ1) is 13.7.